The van der Waals surface area contributed by atoms with Gasteiger partial charge in [-0.25, -0.2) is 9.97 Å². The number of fused-ring (bicyclic) bond motifs is 1. The number of aromatic nitrogens is 4. The van der Waals surface area contributed by atoms with E-state index in [0.29, 0.717) is 10.2 Å². The maximum Gasteiger partial charge on any atom is 0.210 e. The van der Waals surface area contributed by atoms with Crippen molar-refractivity contribution < 1.29 is 4.74 Å². The molecule has 4 aromatic rings. The second kappa shape index (κ2) is 7.45. The second-order valence-electron chi connectivity index (χ2n) is 5.17. The number of hydrogen-bond acceptors (Lipinski definition) is 8. The first kappa shape index (κ1) is 17.0. The van der Waals surface area contributed by atoms with E-state index in [1.165, 1.54) is 29.4 Å². The molecule has 2 aromatic heterocycles. The zero-order valence-corrected chi connectivity index (χ0v) is 15.9. The smallest absolute Gasteiger partial charge is 0.210 e. The molecule has 0 aliphatic carbocycles. The summed E-state index contributed by atoms with van der Waals surface area (Å²) in [5.41, 5.74) is 1.69. The lowest BCUT2D eigenvalue weighted by Gasteiger charge is -2.04. The van der Waals surface area contributed by atoms with Gasteiger partial charge in [0.25, 0.3) is 0 Å². The molecule has 0 spiro atoms. The highest BCUT2D eigenvalue weighted by Gasteiger charge is 2.11. The molecule has 0 radical (unpaired) electrons. The van der Waals surface area contributed by atoms with Crippen molar-refractivity contribution >= 4 is 56.4 Å². The van der Waals surface area contributed by atoms with Crippen LogP contribution in [0.25, 0.3) is 10.9 Å². The molecule has 0 aliphatic rings. The zero-order valence-electron chi connectivity index (χ0n) is 13.5. The lowest BCUT2D eigenvalue weighted by atomic mass is 10.2. The van der Waals surface area contributed by atoms with Crippen molar-refractivity contribution in [3.05, 3.63) is 53.8 Å². The number of rotatable bonds is 5. The van der Waals surface area contributed by atoms with E-state index in [9.17, 15) is 0 Å². The van der Waals surface area contributed by atoms with E-state index in [4.69, 9.17) is 16.3 Å². The van der Waals surface area contributed by atoms with Crippen LogP contribution in [0.15, 0.2) is 58.2 Å². The predicted octanol–water partition coefficient (Wildman–Crippen LogP) is 5.04. The number of halogens is 1. The average Bonchev–Trinajstić information content (AvgIpc) is 3.08. The van der Waals surface area contributed by atoms with E-state index in [0.717, 1.165) is 31.7 Å². The van der Waals surface area contributed by atoms with E-state index in [2.05, 4.69) is 25.5 Å². The molecular weight excluding hydrogens is 390 g/mol. The van der Waals surface area contributed by atoms with E-state index >= 15 is 0 Å². The van der Waals surface area contributed by atoms with Gasteiger partial charge in [0.2, 0.25) is 5.13 Å². The van der Waals surface area contributed by atoms with Gasteiger partial charge in [-0.15, -0.1) is 10.2 Å². The fourth-order valence-electron chi connectivity index (χ4n) is 2.30. The number of nitrogens with one attached hydrogen (secondary N) is 1. The van der Waals surface area contributed by atoms with Crippen LogP contribution in [0.1, 0.15) is 0 Å². The van der Waals surface area contributed by atoms with Crippen LogP contribution in [0.4, 0.5) is 10.8 Å². The Morgan fingerprint density at radius 3 is 2.92 bits per heavy atom. The molecule has 2 aromatic carbocycles. The molecule has 0 fully saturated rings. The minimum atomic E-state index is 0.646. The Labute approximate surface area is 162 Å². The topological polar surface area (TPSA) is 72.8 Å². The summed E-state index contributed by atoms with van der Waals surface area (Å²) in [6.07, 6.45) is 1.53. The van der Waals surface area contributed by atoms with Gasteiger partial charge in [0.15, 0.2) is 4.34 Å². The molecule has 0 aliphatic heterocycles. The summed E-state index contributed by atoms with van der Waals surface area (Å²) in [4.78, 5) is 8.61. The van der Waals surface area contributed by atoms with Crippen molar-refractivity contribution in [1.29, 1.82) is 0 Å². The van der Waals surface area contributed by atoms with E-state index in [1.807, 2.05) is 42.5 Å². The predicted molar refractivity (Wildman–Crippen MR) is 105 cm³/mol. The average molecular weight is 402 g/mol. The van der Waals surface area contributed by atoms with Gasteiger partial charge >= 0.3 is 0 Å². The summed E-state index contributed by atoms with van der Waals surface area (Å²) < 4.78 is 6.01. The lowest BCUT2D eigenvalue weighted by Crippen LogP contribution is -1.90. The highest BCUT2D eigenvalue weighted by molar-refractivity contribution is 8.01. The van der Waals surface area contributed by atoms with Crippen LogP contribution in [0.5, 0.6) is 5.75 Å². The number of hydrogen-bond donors (Lipinski definition) is 1. The third-order valence-corrected chi connectivity index (χ3v) is 5.62. The number of benzene rings is 2. The molecule has 0 unspecified atom stereocenters. The minimum Gasteiger partial charge on any atom is -0.497 e. The van der Waals surface area contributed by atoms with Crippen molar-refractivity contribution in [1.82, 2.24) is 20.2 Å². The molecule has 26 heavy (non-hydrogen) atoms. The van der Waals surface area contributed by atoms with Crippen molar-refractivity contribution in [2.45, 2.75) is 9.37 Å². The molecule has 0 atom stereocenters. The van der Waals surface area contributed by atoms with Gasteiger partial charge in [-0.1, -0.05) is 29.0 Å². The quantitative estimate of drug-likeness (QED) is 0.469. The Kier molecular flexibility index (Phi) is 4.87. The van der Waals surface area contributed by atoms with Crippen LogP contribution in [-0.2, 0) is 0 Å². The van der Waals surface area contributed by atoms with Gasteiger partial charge in [-0.3, -0.25) is 0 Å². The molecule has 0 saturated heterocycles. The summed E-state index contributed by atoms with van der Waals surface area (Å²) in [6.45, 7) is 0. The molecule has 0 saturated carbocycles. The Morgan fingerprint density at radius 2 is 2.04 bits per heavy atom. The number of ether oxygens (including phenoxy) is 1. The fourth-order valence-corrected chi connectivity index (χ4v) is 4.23. The fraction of sp³-hybridized carbons (Fsp3) is 0.0588. The standard InChI is InChI=1S/C17H12ClN5OS2/c1-24-12-4-2-3-11(8-12)21-16-22-23-17(26-16)25-15-13-6-5-10(18)7-14(13)19-9-20-15/h2-9H,1H3,(H,21,22). The Bertz CT molecular complexity index is 1070. The molecule has 130 valence electrons. The monoisotopic (exact) mass is 401 g/mol. The van der Waals surface area contributed by atoms with Crippen LogP contribution < -0.4 is 10.1 Å². The van der Waals surface area contributed by atoms with Crippen LogP contribution in [0, 0.1) is 0 Å². The molecule has 4 rings (SSSR count). The van der Waals surface area contributed by atoms with E-state index in [-0.39, 0.29) is 0 Å². The first-order chi connectivity index (χ1) is 12.7. The van der Waals surface area contributed by atoms with Gasteiger partial charge in [-0.2, -0.15) is 0 Å². The number of methoxy groups -OCH3 is 1. The first-order valence-electron chi connectivity index (χ1n) is 7.54. The molecule has 9 heteroatoms. The van der Waals surface area contributed by atoms with E-state index < -0.39 is 0 Å². The third kappa shape index (κ3) is 3.72. The van der Waals surface area contributed by atoms with Gasteiger partial charge in [0.1, 0.15) is 17.1 Å². The highest BCUT2D eigenvalue weighted by atomic mass is 35.5. The first-order valence-corrected chi connectivity index (χ1v) is 9.55. The summed E-state index contributed by atoms with van der Waals surface area (Å²) in [5, 5.41) is 14.7. The number of nitrogens with zero attached hydrogens (tertiary/aromatic N) is 4. The van der Waals surface area contributed by atoms with Crippen molar-refractivity contribution in [3.8, 4) is 5.75 Å². The van der Waals surface area contributed by atoms with Crippen LogP contribution in [-0.4, -0.2) is 27.3 Å². The molecule has 0 amide bonds. The Balaban J connectivity index is 1.55. The molecule has 6 nitrogen and oxygen atoms in total. The number of anilines is 2. The van der Waals surface area contributed by atoms with Crippen LogP contribution in [0.3, 0.4) is 0 Å². The van der Waals surface area contributed by atoms with Crippen LogP contribution in [0.2, 0.25) is 5.02 Å². The maximum absolute atomic E-state index is 6.03. The summed E-state index contributed by atoms with van der Waals surface area (Å²) >= 11 is 8.93. The Morgan fingerprint density at radius 1 is 1.12 bits per heavy atom. The normalized spacial score (nSPS) is 10.8. The van der Waals surface area contributed by atoms with Crippen molar-refractivity contribution in [3.63, 3.8) is 0 Å². The molecule has 2 heterocycles. The van der Waals surface area contributed by atoms with Gasteiger partial charge in [0, 0.05) is 22.2 Å². The molecule has 1 N–H and O–H groups in total. The molecule has 0 bridgehead atoms. The molecular formula is C17H12ClN5OS2. The third-order valence-electron chi connectivity index (χ3n) is 3.47. The summed E-state index contributed by atoms with van der Waals surface area (Å²) in [5.74, 6) is 0.778. The summed E-state index contributed by atoms with van der Waals surface area (Å²) in [6, 6.07) is 13.2. The summed E-state index contributed by atoms with van der Waals surface area (Å²) in [7, 11) is 1.64. The van der Waals surface area contributed by atoms with Gasteiger partial charge in [0.05, 0.1) is 12.6 Å². The highest BCUT2D eigenvalue weighted by Crippen LogP contribution is 2.35. The van der Waals surface area contributed by atoms with E-state index in [1.54, 1.807) is 7.11 Å². The van der Waals surface area contributed by atoms with Gasteiger partial charge in [-0.05, 0) is 42.1 Å². The minimum absolute atomic E-state index is 0.646. The van der Waals surface area contributed by atoms with Crippen molar-refractivity contribution in [2.75, 3.05) is 12.4 Å². The zero-order chi connectivity index (χ0) is 17.9. The Hall–Kier alpha value is -2.42. The largest absolute Gasteiger partial charge is 0.497 e. The maximum atomic E-state index is 6.03. The van der Waals surface area contributed by atoms with Crippen LogP contribution >= 0.6 is 34.7 Å². The second-order valence-corrected chi connectivity index (χ2v) is 7.82. The lowest BCUT2D eigenvalue weighted by molar-refractivity contribution is 0.415. The SMILES string of the molecule is COc1cccc(Nc2nnc(Sc3ncnc4cc(Cl)ccc34)s2)c1. The van der Waals surface area contributed by atoms with Crippen molar-refractivity contribution in [2.24, 2.45) is 0 Å². The van der Waals surface area contributed by atoms with Gasteiger partial charge < -0.3 is 10.1 Å².